The van der Waals surface area contributed by atoms with Gasteiger partial charge in [-0.05, 0) is 62.5 Å². The van der Waals surface area contributed by atoms with Crippen LogP contribution in [-0.4, -0.2) is 35.2 Å². The van der Waals surface area contributed by atoms with E-state index in [0.717, 1.165) is 31.5 Å². The molecule has 0 radical (unpaired) electrons. The normalized spacial score (nSPS) is 19.2. The van der Waals surface area contributed by atoms with Crippen molar-refractivity contribution in [3.63, 3.8) is 0 Å². The van der Waals surface area contributed by atoms with E-state index in [0.29, 0.717) is 23.1 Å². The fraction of sp³-hybridized carbons (Fsp3) is 0.571. The fourth-order valence-electron chi connectivity index (χ4n) is 2.46. The third-order valence-electron chi connectivity index (χ3n) is 3.68. The van der Waals surface area contributed by atoms with E-state index in [1.165, 1.54) is 0 Å². The van der Waals surface area contributed by atoms with Gasteiger partial charge in [-0.3, -0.25) is 0 Å². The lowest BCUT2D eigenvalue weighted by molar-refractivity contribution is 0.411. The Morgan fingerprint density at radius 2 is 2.25 bits per heavy atom. The average molecular weight is 298 g/mol. The number of methoxy groups -OCH3 is 1. The van der Waals surface area contributed by atoms with Gasteiger partial charge in [-0.2, -0.15) is 0 Å². The minimum Gasteiger partial charge on any atom is -0.496 e. The number of ether oxygens (including phenoxy) is 1. The number of aryl methyl sites for hydroxylation is 1. The van der Waals surface area contributed by atoms with Crippen LogP contribution in [0.5, 0.6) is 5.75 Å². The monoisotopic (exact) mass is 298 g/mol. The lowest BCUT2D eigenvalue weighted by atomic mass is 10.1. The van der Waals surface area contributed by atoms with Crippen LogP contribution in [-0.2, 0) is 10.0 Å². The van der Waals surface area contributed by atoms with Crippen molar-refractivity contribution in [3.05, 3.63) is 23.8 Å². The molecule has 2 N–H and O–H groups in total. The summed E-state index contributed by atoms with van der Waals surface area (Å²) in [6.45, 7) is 4.35. The van der Waals surface area contributed by atoms with Crippen molar-refractivity contribution in [1.29, 1.82) is 0 Å². The van der Waals surface area contributed by atoms with E-state index in [4.69, 9.17) is 4.74 Å². The lowest BCUT2D eigenvalue weighted by Gasteiger charge is -2.11. The van der Waals surface area contributed by atoms with Crippen molar-refractivity contribution < 1.29 is 13.2 Å². The number of hydrogen-bond acceptors (Lipinski definition) is 4. The predicted molar refractivity (Wildman–Crippen MR) is 78.5 cm³/mol. The SMILES string of the molecule is COc1ccc(S(=O)(=O)NCCC2CCNC2)cc1C. The fourth-order valence-corrected chi connectivity index (χ4v) is 3.59. The van der Waals surface area contributed by atoms with Crippen LogP contribution in [0.4, 0.5) is 0 Å². The topological polar surface area (TPSA) is 67.4 Å². The standard InChI is InChI=1S/C14H22N2O3S/c1-11-9-13(3-4-14(11)19-2)20(17,18)16-8-6-12-5-7-15-10-12/h3-4,9,12,15-16H,5-8,10H2,1-2H3. The molecule has 0 saturated carbocycles. The maximum Gasteiger partial charge on any atom is 0.240 e. The number of rotatable bonds is 6. The molecule has 20 heavy (non-hydrogen) atoms. The van der Waals surface area contributed by atoms with Crippen LogP contribution < -0.4 is 14.8 Å². The maximum absolute atomic E-state index is 12.2. The summed E-state index contributed by atoms with van der Waals surface area (Å²) in [5, 5.41) is 3.28. The quantitative estimate of drug-likeness (QED) is 0.830. The van der Waals surface area contributed by atoms with Crippen LogP contribution in [0, 0.1) is 12.8 Å². The minimum absolute atomic E-state index is 0.292. The summed E-state index contributed by atoms with van der Waals surface area (Å²) >= 11 is 0. The van der Waals surface area contributed by atoms with Crippen molar-refractivity contribution >= 4 is 10.0 Å². The molecule has 0 amide bonds. The van der Waals surface area contributed by atoms with Gasteiger partial charge in [0.25, 0.3) is 0 Å². The van der Waals surface area contributed by atoms with E-state index in [1.54, 1.807) is 25.3 Å². The van der Waals surface area contributed by atoms with Crippen LogP contribution in [0.25, 0.3) is 0 Å². The molecule has 1 atom stereocenters. The highest BCUT2D eigenvalue weighted by Crippen LogP contribution is 2.21. The summed E-state index contributed by atoms with van der Waals surface area (Å²) < 4.78 is 32.2. The second kappa shape index (κ2) is 6.56. The molecule has 1 unspecified atom stereocenters. The summed E-state index contributed by atoms with van der Waals surface area (Å²) in [5.41, 5.74) is 0.815. The summed E-state index contributed by atoms with van der Waals surface area (Å²) in [5.74, 6) is 1.27. The molecule has 112 valence electrons. The molecular weight excluding hydrogens is 276 g/mol. The van der Waals surface area contributed by atoms with Crippen molar-refractivity contribution in [3.8, 4) is 5.75 Å². The highest BCUT2D eigenvalue weighted by Gasteiger charge is 2.18. The molecule has 2 rings (SSSR count). The van der Waals surface area contributed by atoms with Crippen LogP contribution in [0.2, 0.25) is 0 Å². The number of benzene rings is 1. The third kappa shape index (κ3) is 3.71. The first-order valence-corrected chi connectivity index (χ1v) is 8.36. The van der Waals surface area contributed by atoms with Gasteiger partial charge in [-0.25, -0.2) is 13.1 Å². The van der Waals surface area contributed by atoms with Gasteiger partial charge in [-0.15, -0.1) is 0 Å². The third-order valence-corrected chi connectivity index (χ3v) is 5.14. The first kappa shape index (κ1) is 15.3. The summed E-state index contributed by atoms with van der Waals surface area (Å²) in [6, 6.07) is 4.90. The van der Waals surface area contributed by atoms with E-state index in [2.05, 4.69) is 10.0 Å². The molecule has 6 heteroatoms. The molecule has 0 aliphatic carbocycles. The largest absolute Gasteiger partial charge is 0.496 e. The van der Waals surface area contributed by atoms with Gasteiger partial charge in [0.2, 0.25) is 10.0 Å². The van der Waals surface area contributed by atoms with Gasteiger partial charge in [-0.1, -0.05) is 0 Å². The molecule has 0 bridgehead atoms. The van der Waals surface area contributed by atoms with Crippen molar-refractivity contribution in [1.82, 2.24) is 10.0 Å². The first-order chi connectivity index (χ1) is 9.53. The molecule has 5 nitrogen and oxygen atoms in total. The zero-order chi connectivity index (χ0) is 14.6. The van der Waals surface area contributed by atoms with Gasteiger partial charge in [0, 0.05) is 6.54 Å². The van der Waals surface area contributed by atoms with Crippen LogP contribution >= 0.6 is 0 Å². The van der Waals surface area contributed by atoms with E-state index < -0.39 is 10.0 Å². The number of sulfonamides is 1. The Balaban J connectivity index is 1.96. The molecule has 0 spiro atoms. The van der Waals surface area contributed by atoms with Gasteiger partial charge >= 0.3 is 0 Å². The van der Waals surface area contributed by atoms with Gasteiger partial charge in [0.15, 0.2) is 0 Å². The van der Waals surface area contributed by atoms with E-state index in [-0.39, 0.29) is 0 Å². The molecule has 1 heterocycles. The van der Waals surface area contributed by atoms with Crippen LogP contribution in [0.3, 0.4) is 0 Å². The van der Waals surface area contributed by atoms with Gasteiger partial charge < -0.3 is 10.1 Å². The minimum atomic E-state index is -3.43. The highest BCUT2D eigenvalue weighted by molar-refractivity contribution is 7.89. The Labute approximate surface area is 120 Å². The Morgan fingerprint density at radius 1 is 1.45 bits per heavy atom. The first-order valence-electron chi connectivity index (χ1n) is 6.88. The molecule has 1 aromatic rings. The smallest absolute Gasteiger partial charge is 0.240 e. The summed E-state index contributed by atoms with van der Waals surface area (Å²) in [7, 11) is -1.85. The van der Waals surface area contributed by atoms with Crippen molar-refractivity contribution in [2.75, 3.05) is 26.7 Å². The second-order valence-corrected chi connectivity index (χ2v) is 6.94. The lowest BCUT2D eigenvalue weighted by Crippen LogP contribution is -2.26. The Kier molecular flexibility index (Phi) is 5.01. The molecule has 1 fully saturated rings. The second-order valence-electron chi connectivity index (χ2n) is 5.18. The zero-order valence-electron chi connectivity index (χ0n) is 12.0. The molecule has 1 aliphatic heterocycles. The molecular formula is C14H22N2O3S. The highest BCUT2D eigenvalue weighted by atomic mass is 32.2. The molecule has 1 saturated heterocycles. The maximum atomic E-state index is 12.2. The zero-order valence-corrected chi connectivity index (χ0v) is 12.8. The van der Waals surface area contributed by atoms with Crippen molar-refractivity contribution in [2.24, 2.45) is 5.92 Å². The van der Waals surface area contributed by atoms with E-state index in [9.17, 15) is 8.42 Å². The van der Waals surface area contributed by atoms with E-state index >= 15 is 0 Å². The van der Waals surface area contributed by atoms with Crippen molar-refractivity contribution in [2.45, 2.75) is 24.7 Å². The van der Waals surface area contributed by atoms with Gasteiger partial charge in [0.05, 0.1) is 12.0 Å². The van der Waals surface area contributed by atoms with Gasteiger partial charge in [0.1, 0.15) is 5.75 Å². The van der Waals surface area contributed by atoms with E-state index in [1.807, 2.05) is 6.92 Å². The van der Waals surface area contributed by atoms with Crippen LogP contribution in [0.15, 0.2) is 23.1 Å². The molecule has 0 aromatic heterocycles. The molecule has 1 aromatic carbocycles. The Morgan fingerprint density at radius 3 is 2.85 bits per heavy atom. The number of hydrogen-bond donors (Lipinski definition) is 2. The Bertz CT molecular complexity index is 552. The number of nitrogens with one attached hydrogen (secondary N) is 2. The summed E-state index contributed by atoms with van der Waals surface area (Å²) in [6.07, 6.45) is 2.00. The predicted octanol–water partition coefficient (Wildman–Crippen LogP) is 1.28. The average Bonchev–Trinajstić information content (AvgIpc) is 2.91. The molecule has 1 aliphatic rings. The Hall–Kier alpha value is -1.11. The summed E-state index contributed by atoms with van der Waals surface area (Å²) in [4.78, 5) is 0.292. The van der Waals surface area contributed by atoms with Crippen LogP contribution in [0.1, 0.15) is 18.4 Å².